The predicted octanol–water partition coefficient (Wildman–Crippen LogP) is 1.26. The van der Waals surface area contributed by atoms with E-state index in [1.165, 1.54) is 6.92 Å². The van der Waals surface area contributed by atoms with Gasteiger partial charge in [-0.25, -0.2) is 0 Å². The first-order valence-corrected chi connectivity index (χ1v) is 4.59. The van der Waals surface area contributed by atoms with Crippen molar-refractivity contribution in [3.63, 3.8) is 0 Å². The quantitative estimate of drug-likeness (QED) is 0.852. The maximum atomic E-state index is 12.1. The molecule has 0 saturated carbocycles. The monoisotopic (exact) mass is 276 g/mol. The Morgan fingerprint density at radius 2 is 2.06 bits per heavy atom. The van der Waals surface area contributed by atoms with Gasteiger partial charge in [0.15, 0.2) is 0 Å². The lowest BCUT2D eigenvalue weighted by molar-refractivity contribution is -0.138. The number of hydrogen-bond acceptors (Lipinski definition) is 5. The SMILES string of the molecule is C[C@@H](N)C(=O)Nc1nnc(C(F)(F)F)s1.Cl. The number of amides is 1. The summed E-state index contributed by atoms with van der Waals surface area (Å²) in [4.78, 5) is 11.0. The molecule has 0 aromatic carbocycles. The second kappa shape index (κ2) is 5.41. The lowest BCUT2D eigenvalue weighted by atomic mass is 10.3. The second-order valence-corrected chi connectivity index (χ2v) is 3.67. The number of rotatable bonds is 2. The molecule has 0 bridgehead atoms. The van der Waals surface area contributed by atoms with Gasteiger partial charge in [0.25, 0.3) is 0 Å². The van der Waals surface area contributed by atoms with Gasteiger partial charge in [0.2, 0.25) is 16.0 Å². The van der Waals surface area contributed by atoms with Crippen LogP contribution in [0.2, 0.25) is 0 Å². The maximum Gasteiger partial charge on any atom is 0.445 e. The Balaban J connectivity index is 0.00000225. The first kappa shape index (κ1) is 15.1. The van der Waals surface area contributed by atoms with Gasteiger partial charge in [-0.15, -0.1) is 22.6 Å². The summed E-state index contributed by atoms with van der Waals surface area (Å²) < 4.78 is 36.2. The van der Waals surface area contributed by atoms with Crippen molar-refractivity contribution < 1.29 is 18.0 Å². The van der Waals surface area contributed by atoms with E-state index >= 15 is 0 Å². The van der Waals surface area contributed by atoms with Crippen LogP contribution in [0.4, 0.5) is 18.3 Å². The largest absolute Gasteiger partial charge is 0.445 e. The molecule has 16 heavy (non-hydrogen) atoms. The normalized spacial score (nSPS) is 12.8. The van der Waals surface area contributed by atoms with E-state index in [9.17, 15) is 18.0 Å². The fraction of sp³-hybridized carbons (Fsp3) is 0.500. The van der Waals surface area contributed by atoms with E-state index in [2.05, 4.69) is 15.5 Å². The van der Waals surface area contributed by atoms with Crippen LogP contribution in [0.25, 0.3) is 0 Å². The zero-order valence-corrected chi connectivity index (χ0v) is 9.54. The number of nitrogens with two attached hydrogens (primary N) is 1. The molecule has 0 unspecified atom stereocenters. The van der Waals surface area contributed by atoms with Crippen LogP contribution in [-0.2, 0) is 11.0 Å². The summed E-state index contributed by atoms with van der Waals surface area (Å²) in [5.41, 5.74) is 5.20. The van der Waals surface area contributed by atoms with Gasteiger partial charge in [-0.05, 0) is 6.92 Å². The Morgan fingerprint density at radius 3 is 2.44 bits per heavy atom. The summed E-state index contributed by atoms with van der Waals surface area (Å²) in [6.07, 6.45) is -4.55. The third-order valence-corrected chi connectivity index (χ3v) is 2.19. The van der Waals surface area contributed by atoms with Crippen LogP contribution < -0.4 is 11.1 Å². The van der Waals surface area contributed by atoms with E-state index in [-0.39, 0.29) is 28.9 Å². The van der Waals surface area contributed by atoms with Crippen LogP contribution in [-0.4, -0.2) is 22.1 Å². The lowest BCUT2D eigenvalue weighted by Crippen LogP contribution is -2.32. The molecule has 0 aliphatic carbocycles. The van der Waals surface area contributed by atoms with Gasteiger partial charge in [-0.2, -0.15) is 13.2 Å². The fourth-order valence-electron chi connectivity index (χ4n) is 0.608. The summed E-state index contributed by atoms with van der Waals surface area (Å²) in [6, 6.07) is -0.816. The molecule has 92 valence electrons. The van der Waals surface area contributed by atoms with E-state index in [1.807, 2.05) is 0 Å². The van der Waals surface area contributed by atoms with Crippen molar-refractivity contribution >= 4 is 34.8 Å². The molecule has 0 radical (unpaired) electrons. The van der Waals surface area contributed by atoms with Gasteiger partial charge in [0.05, 0.1) is 6.04 Å². The number of anilines is 1. The number of carbonyl (C=O) groups excluding carboxylic acids is 1. The van der Waals surface area contributed by atoms with Crippen molar-refractivity contribution in [3.05, 3.63) is 5.01 Å². The number of halogens is 4. The summed E-state index contributed by atoms with van der Waals surface area (Å²) in [5, 5.41) is 6.84. The van der Waals surface area contributed by atoms with Crippen molar-refractivity contribution in [2.24, 2.45) is 5.73 Å². The van der Waals surface area contributed by atoms with Crippen molar-refractivity contribution in [1.82, 2.24) is 10.2 Å². The third-order valence-electron chi connectivity index (χ3n) is 1.31. The fourth-order valence-corrected chi connectivity index (χ4v) is 1.22. The van der Waals surface area contributed by atoms with E-state index in [0.717, 1.165) is 0 Å². The molecule has 5 nitrogen and oxygen atoms in total. The van der Waals surface area contributed by atoms with Crippen molar-refractivity contribution in [1.29, 1.82) is 0 Å². The Bertz CT molecular complexity index is 367. The molecule has 0 aliphatic heterocycles. The van der Waals surface area contributed by atoms with E-state index < -0.39 is 23.1 Å². The Labute approximate surface area is 98.6 Å². The van der Waals surface area contributed by atoms with Crippen LogP contribution >= 0.6 is 23.7 Å². The molecule has 0 fully saturated rings. The first-order valence-electron chi connectivity index (χ1n) is 3.78. The molecule has 1 rings (SSSR count). The molecule has 0 spiro atoms. The molecular formula is C6H8ClF3N4OS. The lowest BCUT2D eigenvalue weighted by Gasteiger charge is -2.02. The number of aromatic nitrogens is 2. The molecule has 1 heterocycles. The van der Waals surface area contributed by atoms with Gasteiger partial charge >= 0.3 is 6.18 Å². The zero-order valence-electron chi connectivity index (χ0n) is 7.91. The minimum Gasteiger partial charge on any atom is -0.320 e. The Kier molecular flexibility index (Phi) is 5.10. The molecule has 0 aliphatic rings. The summed E-state index contributed by atoms with van der Waals surface area (Å²) in [7, 11) is 0. The van der Waals surface area contributed by atoms with Crippen LogP contribution in [0, 0.1) is 0 Å². The minimum absolute atomic E-state index is 0. The number of nitrogens with one attached hydrogen (secondary N) is 1. The molecule has 10 heteroatoms. The van der Waals surface area contributed by atoms with E-state index in [4.69, 9.17) is 5.73 Å². The van der Waals surface area contributed by atoms with Crippen molar-refractivity contribution in [3.8, 4) is 0 Å². The molecule has 0 saturated heterocycles. The molecule has 1 aromatic rings. The van der Waals surface area contributed by atoms with Gasteiger partial charge in [0.1, 0.15) is 0 Å². The van der Waals surface area contributed by atoms with Crippen molar-refractivity contribution in [2.75, 3.05) is 5.32 Å². The highest BCUT2D eigenvalue weighted by molar-refractivity contribution is 7.15. The summed E-state index contributed by atoms with van der Waals surface area (Å²) in [5.74, 6) is -0.611. The first-order chi connectivity index (χ1) is 6.80. The second-order valence-electron chi connectivity index (χ2n) is 2.69. The third kappa shape index (κ3) is 3.91. The highest BCUT2D eigenvalue weighted by atomic mass is 35.5. The molecule has 1 aromatic heterocycles. The number of alkyl halides is 3. The average molecular weight is 277 g/mol. The molecule has 1 atom stereocenters. The van der Waals surface area contributed by atoms with Crippen LogP contribution in [0.5, 0.6) is 0 Å². The minimum atomic E-state index is -4.55. The highest BCUT2D eigenvalue weighted by Crippen LogP contribution is 2.32. The molecular weight excluding hydrogens is 269 g/mol. The van der Waals surface area contributed by atoms with Gasteiger partial charge in [-0.3, -0.25) is 10.1 Å². The topological polar surface area (TPSA) is 80.9 Å². The number of nitrogens with zero attached hydrogens (tertiary/aromatic N) is 2. The Morgan fingerprint density at radius 1 is 1.50 bits per heavy atom. The van der Waals surface area contributed by atoms with Crippen molar-refractivity contribution in [2.45, 2.75) is 19.1 Å². The van der Waals surface area contributed by atoms with Crippen LogP contribution in [0.3, 0.4) is 0 Å². The standard InChI is InChI=1S/C6H7F3N4OS.ClH/c1-2(10)3(14)11-5-13-12-4(15-5)6(7,8)9;/h2H,10H2,1H3,(H,11,13,14);1H/t2-;/m1./s1. The van der Waals surface area contributed by atoms with Crippen LogP contribution in [0.1, 0.15) is 11.9 Å². The zero-order chi connectivity index (χ0) is 11.6. The smallest absolute Gasteiger partial charge is 0.320 e. The van der Waals surface area contributed by atoms with Gasteiger partial charge in [-0.1, -0.05) is 11.3 Å². The van der Waals surface area contributed by atoms with E-state index in [0.29, 0.717) is 0 Å². The Hall–Kier alpha value is -0.930. The van der Waals surface area contributed by atoms with E-state index in [1.54, 1.807) is 0 Å². The van der Waals surface area contributed by atoms with Gasteiger partial charge in [0, 0.05) is 0 Å². The number of carbonyl (C=O) groups is 1. The number of hydrogen-bond donors (Lipinski definition) is 2. The van der Waals surface area contributed by atoms with Gasteiger partial charge < -0.3 is 5.73 Å². The maximum absolute atomic E-state index is 12.1. The molecule has 3 N–H and O–H groups in total. The summed E-state index contributed by atoms with van der Waals surface area (Å²) in [6.45, 7) is 1.40. The summed E-state index contributed by atoms with van der Waals surface area (Å²) >= 11 is 0.251. The predicted molar refractivity (Wildman–Crippen MR) is 54.4 cm³/mol. The highest BCUT2D eigenvalue weighted by Gasteiger charge is 2.35. The van der Waals surface area contributed by atoms with Crippen LogP contribution in [0.15, 0.2) is 0 Å². The molecule has 1 amide bonds. The average Bonchev–Trinajstić information content (AvgIpc) is 2.51.